The standard InChI is InChI=1S/C12H15FN2O3/c1-3-4-8(2)12(16)14-9-5-6-10(13)11(7-9)15(17)18/h5-8H,3-4H2,1-2H3,(H,14,16)/t8-/m1/s1. The molecule has 0 bridgehead atoms. The van der Waals surface area contributed by atoms with Crippen molar-refractivity contribution in [1.29, 1.82) is 0 Å². The van der Waals surface area contributed by atoms with Gasteiger partial charge in [-0.1, -0.05) is 20.3 Å². The Labute approximate surface area is 104 Å². The Morgan fingerprint density at radius 3 is 2.78 bits per heavy atom. The van der Waals surface area contributed by atoms with Crippen LogP contribution in [0.5, 0.6) is 0 Å². The Kier molecular flexibility index (Phi) is 4.76. The molecule has 1 atom stereocenters. The molecule has 98 valence electrons. The molecule has 0 heterocycles. The van der Waals surface area contributed by atoms with Gasteiger partial charge in [0.15, 0.2) is 0 Å². The first kappa shape index (κ1) is 14.1. The highest BCUT2D eigenvalue weighted by molar-refractivity contribution is 5.92. The lowest BCUT2D eigenvalue weighted by atomic mass is 10.1. The number of halogens is 1. The van der Waals surface area contributed by atoms with E-state index in [-0.39, 0.29) is 17.5 Å². The minimum absolute atomic E-state index is 0.181. The number of nitro groups is 1. The predicted molar refractivity (Wildman–Crippen MR) is 65.8 cm³/mol. The molecule has 0 saturated carbocycles. The van der Waals surface area contributed by atoms with Crippen molar-refractivity contribution >= 4 is 17.3 Å². The van der Waals surface area contributed by atoms with Crippen LogP contribution in [0.25, 0.3) is 0 Å². The van der Waals surface area contributed by atoms with Crippen LogP contribution in [0.15, 0.2) is 18.2 Å². The van der Waals surface area contributed by atoms with Crippen LogP contribution in [0.2, 0.25) is 0 Å². The maximum atomic E-state index is 13.1. The topological polar surface area (TPSA) is 72.2 Å². The van der Waals surface area contributed by atoms with E-state index in [9.17, 15) is 19.3 Å². The smallest absolute Gasteiger partial charge is 0.306 e. The van der Waals surface area contributed by atoms with Crippen LogP contribution in [0.1, 0.15) is 26.7 Å². The number of hydrogen-bond acceptors (Lipinski definition) is 3. The maximum absolute atomic E-state index is 13.1. The summed E-state index contributed by atoms with van der Waals surface area (Å²) in [5.41, 5.74) is -0.410. The fraction of sp³-hybridized carbons (Fsp3) is 0.417. The van der Waals surface area contributed by atoms with E-state index in [0.29, 0.717) is 0 Å². The molecule has 1 rings (SSSR count). The van der Waals surface area contributed by atoms with E-state index in [1.807, 2.05) is 6.92 Å². The van der Waals surface area contributed by atoms with E-state index in [0.717, 1.165) is 25.0 Å². The molecule has 0 unspecified atom stereocenters. The lowest BCUT2D eigenvalue weighted by Gasteiger charge is -2.10. The number of hydrogen-bond donors (Lipinski definition) is 1. The van der Waals surface area contributed by atoms with Crippen LogP contribution in [0.3, 0.4) is 0 Å². The Morgan fingerprint density at radius 2 is 2.22 bits per heavy atom. The van der Waals surface area contributed by atoms with Gasteiger partial charge in [0.05, 0.1) is 4.92 Å². The molecule has 0 spiro atoms. The summed E-state index contributed by atoms with van der Waals surface area (Å²) in [6.07, 6.45) is 1.60. The number of carbonyl (C=O) groups excluding carboxylic acids is 1. The Bertz CT molecular complexity index is 463. The quantitative estimate of drug-likeness (QED) is 0.648. The maximum Gasteiger partial charge on any atom is 0.306 e. The molecule has 0 radical (unpaired) electrons. The van der Waals surface area contributed by atoms with Crippen molar-refractivity contribution in [3.63, 3.8) is 0 Å². The third-order valence-corrected chi connectivity index (χ3v) is 2.58. The summed E-state index contributed by atoms with van der Waals surface area (Å²) < 4.78 is 13.1. The van der Waals surface area contributed by atoms with Gasteiger partial charge in [-0.15, -0.1) is 0 Å². The zero-order chi connectivity index (χ0) is 13.7. The summed E-state index contributed by atoms with van der Waals surface area (Å²) >= 11 is 0. The zero-order valence-electron chi connectivity index (χ0n) is 10.3. The number of anilines is 1. The molecule has 0 aliphatic heterocycles. The molecule has 0 aromatic heterocycles. The van der Waals surface area contributed by atoms with E-state index in [1.54, 1.807) is 6.92 Å². The lowest BCUT2D eigenvalue weighted by molar-refractivity contribution is -0.387. The first-order valence-electron chi connectivity index (χ1n) is 5.70. The van der Waals surface area contributed by atoms with Crippen molar-refractivity contribution in [2.45, 2.75) is 26.7 Å². The van der Waals surface area contributed by atoms with Crippen molar-refractivity contribution in [3.8, 4) is 0 Å². The molecule has 6 heteroatoms. The van der Waals surface area contributed by atoms with Gasteiger partial charge >= 0.3 is 5.69 Å². The van der Waals surface area contributed by atoms with Crippen molar-refractivity contribution in [3.05, 3.63) is 34.1 Å². The fourth-order valence-corrected chi connectivity index (χ4v) is 1.56. The van der Waals surface area contributed by atoms with E-state index < -0.39 is 16.4 Å². The fourth-order valence-electron chi connectivity index (χ4n) is 1.56. The normalized spacial score (nSPS) is 11.9. The minimum Gasteiger partial charge on any atom is -0.326 e. The van der Waals surface area contributed by atoms with E-state index in [2.05, 4.69) is 5.32 Å². The van der Waals surface area contributed by atoms with E-state index in [4.69, 9.17) is 0 Å². The van der Waals surface area contributed by atoms with Gasteiger partial charge < -0.3 is 5.32 Å². The first-order valence-corrected chi connectivity index (χ1v) is 5.70. The molecular weight excluding hydrogens is 239 g/mol. The van der Waals surface area contributed by atoms with Crippen molar-refractivity contribution in [2.75, 3.05) is 5.32 Å². The Morgan fingerprint density at radius 1 is 1.56 bits per heavy atom. The largest absolute Gasteiger partial charge is 0.326 e. The summed E-state index contributed by atoms with van der Waals surface area (Å²) in [6, 6.07) is 3.29. The average Bonchev–Trinajstić information content (AvgIpc) is 2.31. The predicted octanol–water partition coefficient (Wildman–Crippen LogP) is 3.11. The third-order valence-electron chi connectivity index (χ3n) is 2.58. The van der Waals surface area contributed by atoms with Crippen molar-refractivity contribution in [2.24, 2.45) is 5.92 Å². The molecule has 18 heavy (non-hydrogen) atoms. The third kappa shape index (κ3) is 3.51. The Hall–Kier alpha value is -1.98. The van der Waals surface area contributed by atoms with Crippen LogP contribution in [0, 0.1) is 21.8 Å². The molecule has 1 amide bonds. The van der Waals surface area contributed by atoms with Crippen LogP contribution < -0.4 is 5.32 Å². The highest BCUT2D eigenvalue weighted by atomic mass is 19.1. The summed E-state index contributed by atoms with van der Waals surface area (Å²) in [4.78, 5) is 21.4. The number of nitrogens with zero attached hydrogens (tertiary/aromatic N) is 1. The van der Waals surface area contributed by atoms with Crippen LogP contribution in [-0.4, -0.2) is 10.8 Å². The number of rotatable bonds is 5. The summed E-state index contributed by atoms with van der Waals surface area (Å²) in [5, 5.41) is 13.1. The van der Waals surface area contributed by atoms with Crippen LogP contribution in [-0.2, 0) is 4.79 Å². The van der Waals surface area contributed by atoms with Crippen LogP contribution in [0.4, 0.5) is 15.8 Å². The van der Waals surface area contributed by atoms with Gasteiger partial charge in [-0.3, -0.25) is 14.9 Å². The molecule has 0 aliphatic carbocycles. The Balaban J connectivity index is 2.82. The minimum atomic E-state index is -0.917. The van der Waals surface area contributed by atoms with E-state index in [1.165, 1.54) is 6.07 Å². The molecule has 0 aliphatic rings. The van der Waals surface area contributed by atoms with Gasteiger partial charge in [-0.2, -0.15) is 4.39 Å². The van der Waals surface area contributed by atoms with Gasteiger partial charge in [-0.25, -0.2) is 0 Å². The lowest BCUT2D eigenvalue weighted by Crippen LogP contribution is -2.20. The van der Waals surface area contributed by atoms with Gasteiger partial charge in [0.25, 0.3) is 0 Å². The van der Waals surface area contributed by atoms with Gasteiger partial charge in [-0.05, 0) is 18.6 Å². The molecule has 0 fully saturated rings. The number of nitro benzene ring substituents is 1. The molecule has 1 N–H and O–H groups in total. The summed E-state index contributed by atoms with van der Waals surface area (Å²) in [5.74, 6) is -1.32. The second-order valence-corrected chi connectivity index (χ2v) is 4.10. The number of benzene rings is 1. The van der Waals surface area contributed by atoms with E-state index >= 15 is 0 Å². The second kappa shape index (κ2) is 6.09. The molecule has 5 nitrogen and oxygen atoms in total. The van der Waals surface area contributed by atoms with Gasteiger partial charge in [0.2, 0.25) is 11.7 Å². The highest BCUT2D eigenvalue weighted by Crippen LogP contribution is 2.22. The summed E-state index contributed by atoms with van der Waals surface area (Å²) in [6.45, 7) is 3.74. The first-order chi connectivity index (χ1) is 8.45. The molecule has 1 aromatic carbocycles. The molecule has 0 saturated heterocycles. The van der Waals surface area contributed by atoms with Gasteiger partial charge in [0.1, 0.15) is 0 Å². The number of carbonyl (C=O) groups is 1. The second-order valence-electron chi connectivity index (χ2n) is 4.10. The van der Waals surface area contributed by atoms with Crippen molar-refractivity contribution in [1.82, 2.24) is 0 Å². The zero-order valence-corrected chi connectivity index (χ0v) is 10.3. The summed E-state index contributed by atoms with van der Waals surface area (Å²) in [7, 11) is 0. The van der Waals surface area contributed by atoms with Gasteiger partial charge in [0, 0.05) is 17.7 Å². The highest BCUT2D eigenvalue weighted by Gasteiger charge is 2.17. The van der Waals surface area contributed by atoms with Crippen molar-refractivity contribution < 1.29 is 14.1 Å². The SMILES string of the molecule is CCC[C@@H](C)C(=O)Nc1ccc(F)c([N+](=O)[O-])c1. The molecular formula is C12H15FN2O3. The average molecular weight is 254 g/mol. The monoisotopic (exact) mass is 254 g/mol. The number of amides is 1. The van der Waals surface area contributed by atoms with Crippen LogP contribution >= 0.6 is 0 Å². The number of nitrogens with one attached hydrogen (secondary N) is 1. The molecule has 1 aromatic rings.